The van der Waals surface area contributed by atoms with E-state index in [0.717, 1.165) is 16.9 Å². The molecule has 4 rings (SSSR count). The van der Waals surface area contributed by atoms with Gasteiger partial charge in [-0.1, -0.05) is 24.3 Å². The van der Waals surface area contributed by atoms with Gasteiger partial charge in [-0.25, -0.2) is 14.2 Å². The van der Waals surface area contributed by atoms with Gasteiger partial charge < -0.3 is 4.74 Å². The molecule has 0 N–H and O–H groups in total. The monoisotopic (exact) mass is 481 g/mol. The molecule has 1 saturated heterocycles. The van der Waals surface area contributed by atoms with E-state index in [1.807, 2.05) is 0 Å². The zero-order chi connectivity index (χ0) is 24.2. The number of ether oxygens (including phenoxy) is 1. The molecule has 34 heavy (non-hydrogen) atoms. The number of likely N-dealkylation sites (tertiary alicyclic amines) is 1. The van der Waals surface area contributed by atoms with Gasteiger partial charge in [0.1, 0.15) is 12.4 Å². The number of carbonyl (C=O) groups excluding carboxylic acids is 4. The van der Waals surface area contributed by atoms with E-state index in [0.29, 0.717) is 11.3 Å². The van der Waals surface area contributed by atoms with E-state index >= 15 is 0 Å². The Hall–Kier alpha value is -3.92. The molecule has 1 aliphatic heterocycles. The lowest BCUT2D eigenvalue weighted by Gasteiger charge is -2.18. The van der Waals surface area contributed by atoms with Gasteiger partial charge in [-0.05, 0) is 29.8 Å². The van der Waals surface area contributed by atoms with Crippen LogP contribution in [0.2, 0.25) is 0 Å². The summed E-state index contributed by atoms with van der Waals surface area (Å²) in [6.07, 6.45) is 0.456. The number of hydrogen-bond acceptors (Lipinski definition) is 7. The number of imide groups is 1. The van der Waals surface area contributed by atoms with E-state index in [2.05, 4.69) is 4.98 Å². The van der Waals surface area contributed by atoms with Crippen LogP contribution in [0.15, 0.2) is 53.9 Å². The Labute approximate surface area is 198 Å². The van der Waals surface area contributed by atoms with E-state index in [-0.39, 0.29) is 48.6 Å². The standard InChI is InChI=1S/C24H20FN3O5S/c1-15(29)28(20-5-3-2-4-19(20)25)24-26-18(14-34-24)13-33-23(32)17-8-6-16(7-9-17)12-27-21(30)10-11-22(27)31/h2-9,14H,10-13H2,1H3. The first-order valence-electron chi connectivity index (χ1n) is 10.4. The van der Waals surface area contributed by atoms with Crippen LogP contribution >= 0.6 is 11.3 Å². The predicted molar refractivity (Wildman–Crippen MR) is 122 cm³/mol. The fourth-order valence-corrected chi connectivity index (χ4v) is 4.32. The number of thiazole rings is 1. The highest BCUT2D eigenvalue weighted by molar-refractivity contribution is 7.14. The Bertz CT molecular complexity index is 1240. The summed E-state index contributed by atoms with van der Waals surface area (Å²) in [4.78, 5) is 54.7. The molecule has 0 atom stereocenters. The molecule has 0 saturated carbocycles. The Morgan fingerprint density at radius 2 is 1.76 bits per heavy atom. The SMILES string of the molecule is CC(=O)N(c1nc(COC(=O)c2ccc(CN3C(=O)CCC3=O)cc2)cs1)c1ccccc1F. The van der Waals surface area contributed by atoms with Crippen LogP contribution < -0.4 is 4.90 Å². The molecule has 3 amide bonds. The number of halogens is 1. The highest BCUT2D eigenvalue weighted by Crippen LogP contribution is 2.31. The van der Waals surface area contributed by atoms with Gasteiger partial charge in [0.15, 0.2) is 5.13 Å². The summed E-state index contributed by atoms with van der Waals surface area (Å²) in [5, 5.41) is 1.89. The van der Waals surface area contributed by atoms with Crippen molar-refractivity contribution in [3.63, 3.8) is 0 Å². The Balaban J connectivity index is 1.38. The summed E-state index contributed by atoms with van der Waals surface area (Å²) in [5.74, 6) is -1.93. The smallest absolute Gasteiger partial charge is 0.338 e. The molecule has 8 nitrogen and oxygen atoms in total. The number of benzene rings is 2. The lowest BCUT2D eigenvalue weighted by Crippen LogP contribution is -2.28. The number of esters is 1. The Morgan fingerprint density at radius 3 is 2.41 bits per heavy atom. The lowest BCUT2D eigenvalue weighted by molar-refractivity contribution is -0.139. The number of para-hydroxylation sites is 1. The van der Waals surface area contributed by atoms with Crippen molar-refractivity contribution in [1.82, 2.24) is 9.88 Å². The van der Waals surface area contributed by atoms with Crippen LogP contribution in [-0.4, -0.2) is 33.6 Å². The van der Waals surface area contributed by atoms with Crippen LogP contribution in [0.1, 0.15) is 41.4 Å². The first-order chi connectivity index (χ1) is 16.3. The van der Waals surface area contributed by atoms with E-state index in [1.54, 1.807) is 35.7 Å². The van der Waals surface area contributed by atoms with Crippen molar-refractivity contribution in [2.24, 2.45) is 0 Å². The first kappa shape index (κ1) is 23.2. The first-order valence-corrected chi connectivity index (χ1v) is 11.3. The summed E-state index contributed by atoms with van der Waals surface area (Å²) >= 11 is 1.13. The molecule has 10 heteroatoms. The molecule has 1 aromatic heterocycles. The van der Waals surface area contributed by atoms with Gasteiger partial charge in [0.05, 0.1) is 23.5 Å². The van der Waals surface area contributed by atoms with E-state index in [9.17, 15) is 23.6 Å². The topological polar surface area (TPSA) is 96.9 Å². The molecule has 2 aromatic carbocycles. The number of amides is 3. The molecule has 0 spiro atoms. The summed E-state index contributed by atoms with van der Waals surface area (Å²) < 4.78 is 19.5. The van der Waals surface area contributed by atoms with E-state index in [4.69, 9.17) is 4.74 Å². The zero-order valence-corrected chi connectivity index (χ0v) is 19.0. The van der Waals surface area contributed by atoms with E-state index < -0.39 is 17.7 Å². The zero-order valence-electron chi connectivity index (χ0n) is 18.2. The lowest BCUT2D eigenvalue weighted by atomic mass is 10.1. The Kier molecular flexibility index (Phi) is 6.78. The number of aromatic nitrogens is 1. The molecule has 1 aliphatic rings. The molecule has 174 valence electrons. The average Bonchev–Trinajstić information content (AvgIpc) is 3.41. The summed E-state index contributed by atoms with van der Waals surface area (Å²) in [6.45, 7) is 1.35. The maximum Gasteiger partial charge on any atom is 0.338 e. The number of rotatable bonds is 7. The van der Waals surface area contributed by atoms with Crippen LogP contribution in [0.25, 0.3) is 0 Å². The molecular formula is C24H20FN3O5S. The molecule has 0 unspecified atom stereocenters. The highest BCUT2D eigenvalue weighted by Gasteiger charge is 2.28. The normalized spacial score (nSPS) is 13.3. The van der Waals surface area contributed by atoms with Crippen molar-refractivity contribution in [1.29, 1.82) is 0 Å². The third-order valence-electron chi connectivity index (χ3n) is 5.18. The number of nitrogens with zero attached hydrogens (tertiary/aromatic N) is 3. The largest absolute Gasteiger partial charge is 0.456 e. The van der Waals surface area contributed by atoms with E-state index in [1.165, 1.54) is 34.9 Å². The van der Waals surface area contributed by atoms with Crippen molar-refractivity contribution >= 4 is 45.8 Å². The van der Waals surface area contributed by atoms with Crippen LogP contribution in [0.4, 0.5) is 15.2 Å². The maximum atomic E-state index is 14.2. The second-order valence-electron chi connectivity index (χ2n) is 7.57. The number of anilines is 2. The maximum absolute atomic E-state index is 14.2. The molecule has 0 bridgehead atoms. The summed E-state index contributed by atoms with van der Waals surface area (Å²) in [6, 6.07) is 12.3. The van der Waals surface area contributed by atoms with Crippen molar-refractivity contribution in [2.45, 2.75) is 32.9 Å². The molecule has 1 fully saturated rings. The molecule has 0 aliphatic carbocycles. The molecule has 0 radical (unpaired) electrons. The Morgan fingerprint density at radius 1 is 1.09 bits per heavy atom. The van der Waals surface area contributed by atoms with Crippen LogP contribution in [0.5, 0.6) is 0 Å². The molecule has 3 aromatic rings. The fraction of sp³-hybridized carbons (Fsp3) is 0.208. The van der Waals surface area contributed by atoms with Crippen LogP contribution in [0.3, 0.4) is 0 Å². The average molecular weight is 482 g/mol. The van der Waals surface area contributed by atoms with Crippen LogP contribution in [0, 0.1) is 5.82 Å². The fourth-order valence-electron chi connectivity index (χ4n) is 3.46. The number of hydrogen-bond donors (Lipinski definition) is 0. The third kappa shape index (κ3) is 5.01. The van der Waals surface area contributed by atoms with Crippen molar-refractivity contribution in [3.8, 4) is 0 Å². The summed E-state index contributed by atoms with van der Waals surface area (Å²) in [5.41, 5.74) is 1.53. The highest BCUT2D eigenvalue weighted by atomic mass is 32.1. The summed E-state index contributed by atoms with van der Waals surface area (Å²) in [7, 11) is 0. The quantitative estimate of drug-likeness (QED) is 0.374. The second-order valence-corrected chi connectivity index (χ2v) is 8.41. The molecule has 2 heterocycles. The predicted octanol–water partition coefficient (Wildman–Crippen LogP) is 3.97. The van der Waals surface area contributed by atoms with Gasteiger partial charge in [0.25, 0.3) is 0 Å². The minimum atomic E-state index is -0.577. The third-order valence-corrected chi connectivity index (χ3v) is 6.05. The van der Waals surface area contributed by atoms with Crippen molar-refractivity contribution < 1.29 is 28.3 Å². The van der Waals surface area contributed by atoms with Gasteiger partial charge in [-0.3, -0.25) is 24.2 Å². The van der Waals surface area contributed by atoms with Gasteiger partial charge in [-0.2, -0.15) is 0 Å². The van der Waals surface area contributed by atoms with Gasteiger partial charge in [0, 0.05) is 25.1 Å². The number of carbonyl (C=O) groups is 4. The van der Waals surface area contributed by atoms with Crippen molar-refractivity contribution in [2.75, 3.05) is 4.90 Å². The second kappa shape index (κ2) is 9.92. The van der Waals surface area contributed by atoms with Gasteiger partial charge >= 0.3 is 5.97 Å². The van der Waals surface area contributed by atoms with Gasteiger partial charge in [0.2, 0.25) is 17.7 Å². The van der Waals surface area contributed by atoms with Crippen molar-refractivity contribution in [3.05, 3.63) is 76.5 Å². The minimum absolute atomic E-state index is 0.0883. The van der Waals surface area contributed by atoms with Gasteiger partial charge in [-0.15, -0.1) is 11.3 Å². The molecular weight excluding hydrogens is 461 g/mol. The van der Waals surface area contributed by atoms with Crippen LogP contribution in [-0.2, 0) is 32.3 Å². The minimum Gasteiger partial charge on any atom is -0.456 e.